The number of carbonyl (C=O) groups excluding carboxylic acids is 1. The van der Waals surface area contributed by atoms with Crippen LogP contribution in [-0.4, -0.2) is 40.0 Å². The molecule has 30 heavy (non-hydrogen) atoms. The fourth-order valence-electron chi connectivity index (χ4n) is 3.67. The standard InChI is InChI=1S/C22H22N4O4/c27-20(15-6-2-1-3-7-15)26-22(30-17-8-4-5-9-17)24-21(25-26)23-16-10-11-18-19(14-16)29-13-12-28-18/h1-3,6-7,10-11,14,17H,4-5,8-9,12-13H2,(H,23,25). The van der Waals surface area contributed by atoms with E-state index in [0.717, 1.165) is 31.4 Å². The number of nitrogens with one attached hydrogen (secondary N) is 1. The van der Waals surface area contributed by atoms with Crippen LogP contribution in [0.15, 0.2) is 48.5 Å². The molecule has 1 aromatic heterocycles. The summed E-state index contributed by atoms with van der Waals surface area (Å²) < 4.78 is 18.5. The molecule has 1 saturated carbocycles. The highest BCUT2D eigenvalue weighted by molar-refractivity contribution is 5.96. The van der Waals surface area contributed by atoms with Crippen molar-refractivity contribution >= 4 is 17.5 Å². The Bertz CT molecular complexity index is 1040. The number of fused-ring (bicyclic) bond motifs is 1. The molecule has 8 nitrogen and oxygen atoms in total. The molecule has 2 heterocycles. The lowest BCUT2D eigenvalue weighted by Gasteiger charge is -2.18. The van der Waals surface area contributed by atoms with Crippen LogP contribution in [0, 0.1) is 0 Å². The van der Waals surface area contributed by atoms with E-state index in [2.05, 4.69) is 15.4 Å². The van der Waals surface area contributed by atoms with Crippen molar-refractivity contribution in [1.82, 2.24) is 14.8 Å². The van der Waals surface area contributed by atoms with Gasteiger partial charge in [0.25, 0.3) is 5.91 Å². The average molecular weight is 406 g/mol. The lowest BCUT2D eigenvalue weighted by atomic mass is 10.2. The molecule has 1 aliphatic heterocycles. The number of benzene rings is 2. The Kier molecular flexibility index (Phi) is 4.96. The lowest BCUT2D eigenvalue weighted by Crippen LogP contribution is -2.20. The molecule has 2 aromatic carbocycles. The highest BCUT2D eigenvalue weighted by Gasteiger charge is 2.24. The highest BCUT2D eigenvalue weighted by atomic mass is 16.6. The van der Waals surface area contributed by atoms with E-state index in [1.165, 1.54) is 4.68 Å². The van der Waals surface area contributed by atoms with Gasteiger partial charge in [-0.15, -0.1) is 9.78 Å². The van der Waals surface area contributed by atoms with E-state index >= 15 is 0 Å². The molecule has 0 spiro atoms. The smallest absolute Gasteiger partial charge is 0.324 e. The summed E-state index contributed by atoms with van der Waals surface area (Å²) in [4.78, 5) is 17.5. The van der Waals surface area contributed by atoms with Crippen molar-refractivity contribution in [3.63, 3.8) is 0 Å². The first-order valence-corrected chi connectivity index (χ1v) is 10.2. The minimum atomic E-state index is -0.286. The SMILES string of the molecule is O=C(c1ccccc1)n1nc(Nc2ccc3c(c2)OCCO3)nc1OC1CCCC1. The molecular weight excluding hydrogens is 384 g/mol. The summed E-state index contributed by atoms with van der Waals surface area (Å²) in [5.74, 6) is 1.36. The van der Waals surface area contributed by atoms with Crippen LogP contribution in [-0.2, 0) is 0 Å². The van der Waals surface area contributed by atoms with Crippen molar-refractivity contribution in [2.45, 2.75) is 31.8 Å². The highest BCUT2D eigenvalue weighted by Crippen LogP contribution is 2.33. The van der Waals surface area contributed by atoms with Crippen LogP contribution in [0.25, 0.3) is 0 Å². The number of nitrogens with zero attached hydrogens (tertiary/aromatic N) is 3. The van der Waals surface area contributed by atoms with Gasteiger partial charge < -0.3 is 19.5 Å². The molecule has 0 amide bonds. The number of rotatable bonds is 5. The van der Waals surface area contributed by atoms with Crippen molar-refractivity contribution in [3.05, 3.63) is 54.1 Å². The van der Waals surface area contributed by atoms with Gasteiger partial charge in [-0.3, -0.25) is 4.79 Å². The van der Waals surface area contributed by atoms with Gasteiger partial charge in [0, 0.05) is 17.3 Å². The summed E-state index contributed by atoms with van der Waals surface area (Å²) >= 11 is 0. The van der Waals surface area contributed by atoms with E-state index < -0.39 is 0 Å². The second kappa shape index (κ2) is 8.06. The molecule has 2 aliphatic rings. The van der Waals surface area contributed by atoms with Gasteiger partial charge in [0.1, 0.15) is 19.3 Å². The van der Waals surface area contributed by atoms with E-state index in [1.54, 1.807) is 12.1 Å². The number of anilines is 2. The van der Waals surface area contributed by atoms with E-state index in [0.29, 0.717) is 30.3 Å². The van der Waals surface area contributed by atoms with Crippen LogP contribution in [0.3, 0.4) is 0 Å². The zero-order valence-corrected chi connectivity index (χ0v) is 16.4. The molecule has 154 valence electrons. The van der Waals surface area contributed by atoms with E-state index in [9.17, 15) is 4.79 Å². The first kappa shape index (κ1) is 18.5. The van der Waals surface area contributed by atoms with Crippen LogP contribution in [0.1, 0.15) is 36.0 Å². The number of ether oxygens (including phenoxy) is 3. The van der Waals surface area contributed by atoms with E-state index in [1.807, 2.05) is 36.4 Å². The van der Waals surface area contributed by atoms with E-state index in [-0.39, 0.29) is 24.0 Å². The summed E-state index contributed by atoms with van der Waals surface area (Å²) in [5, 5.41) is 7.52. The Morgan fingerprint density at radius 1 is 1.03 bits per heavy atom. The number of hydrogen-bond donors (Lipinski definition) is 1. The number of carbonyl (C=O) groups is 1. The summed E-state index contributed by atoms with van der Waals surface area (Å²) in [5.41, 5.74) is 1.25. The second-order valence-electron chi connectivity index (χ2n) is 7.31. The monoisotopic (exact) mass is 406 g/mol. The fraction of sp³-hybridized carbons (Fsp3) is 0.318. The Morgan fingerprint density at radius 3 is 2.60 bits per heavy atom. The molecule has 5 rings (SSSR count). The van der Waals surface area contributed by atoms with Crippen molar-refractivity contribution < 1.29 is 19.0 Å². The zero-order valence-electron chi connectivity index (χ0n) is 16.4. The normalized spacial score (nSPS) is 15.7. The van der Waals surface area contributed by atoms with Crippen LogP contribution >= 0.6 is 0 Å². The summed E-state index contributed by atoms with van der Waals surface area (Å²) in [7, 11) is 0. The Morgan fingerprint density at radius 2 is 1.80 bits per heavy atom. The molecule has 1 fully saturated rings. The third-order valence-electron chi connectivity index (χ3n) is 5.16. The molecule has 1 aliphatic carbocycles. The van der Waals surface area contributed by atoms with Crippen molar-refractivity contribution in [2.75, 3.05) is 18.5 Å². The third kappa shape index (κ3) is 3.80. The van der Waals surface area contributed by atoms with Gasteiger partial charge in [-0.25, -0.2) is 0 Å². The van der Waals surface area contributed by atoms with E-state index in [4.69, 9.17) is 14.2 Å². The van der Waals surface area contributed by atoms with Gasteiger partial charge in [-0.05, 0) is 49.9 Å². The Hall–Kier alpha value is -3.55. The van der Waals surface area contributed by atoms with Gasteiger partial charge in [-0.2, -0.15) is 4.98 Å². The molecule has 3 aromatic rings. The predicted octanol–water partition coefficient (Wildman–Crippen LogP) is 3.80. The Labute approximate surface area is 173 Å². The molecule has 1 N–H and O–H groups in total. The maximum absolute atomic E-state index is 13.0. The first-order chi connectivity index (χ1) is 14.8. The van der Waals surface area contributed by atoms with Crippen LogP contribution in [0.4, 0.5) is 11.6 Å². The minimum absolute atomic E-state index is 0.0543. The Balaban J connectivity index is 1.43. The maximum Gasteiger partial charge on any atom is 0.324 e. The quantitative estimate of drug-likeness (QED) is 0.689. The van der Waals surface area contributed by atoms with Crippen LogP contribution in [0.5, 0.6) is 17.5 Å². The number of hydrogen-bond acceptors (Lipinski definition) is 7. The zero-order chi connectivity index (χ0) is 20.3. The molecule has 0 radical (unpaired) electrons. The molecule has 0 saturated heterocycles. The predicted molar refractivity (Wildman–Crippen MR) is 110 cm³/mol. The summed E-state index contributed by atoms with van der Waals surface area (Å²) in [6.45, 7) is 1.05. The molecule has 0 atom stereocenters. The van der Waals surface area contributed by atoms with Crippen molar-refractivity contribution in [1.29, 1.82) is 0 Å². The second-order valence-corrected chi connectivity index (χ2v) is 7.31. The van der Waals surface area contributed by atoms with Crippen LogP contribution < -0.4 is 19.5 Å². The van der Waals surface area contributed by atoms with Crippen molar-refractivity contribution in [3.8, 4) is 17.5 Å². The number of aromatic nitrogens is 3. The first-order valence-electron chi connectivity index (χ1n) is 10.2. The van der Waals surface area contributed by atoms with Gasteiger partial charge in [-0.1, -0.05) is 18.2 Å². The van der Waals surface area contributed by atoms with Gasteiger partial charge in [0.05, 0.1) is 0 Å². The summed E-state index contributed by atoms with van der Waals surface area (Å²) in [6, 6.07) is 14.7. The molecule has 8 heteroatoms. The molecule has 0 unspecified atom stereocenters. The molecular formula is C22H22N4O4. The van der Waals surface area contributed by atoms with Crippen molar-refractivity contribution in [2.24, 2.45) is 0 Å². The lowest BCUT2D eigenvalue weighted by molar-refractivity contribution is 0.0913. The van der Waals surface area contributed by atoms with Gasteiger partial charge in [0.15, 0.2) is 11.5 Å². The minimum Gasteiger partial charge on any atom is -0.486 e. The molecule has 0 bridgehead atoms. The largest absolute Gasteiger partial charge is 0.486 e. The third-order valence-corrected chi connectivity index (χ3v) is 5.16. The van der Waals surface area contributed by atoms with Gasteiger partial charge in [0.2, 0.25) is 5.95 Å². The van der Waals surface area contributed by atoms with Gasteiger partial charge >= 0.3 is 6.01 Å². The summed E-state index contributed by atoms with van der Waals surface area (Å²) in [6.07, 6.45) is 4.20. The fourth-order valence-corrected chi connectivity index (χ4v) is 3.67. The van der Waals surface area contributed by atoms with Crippen LogP contribution in [0.2, 0.25) is 0 Å². The maximum atomic E-state index is 13.0. The average Bonchev–Trinajstić information content (AvgIpc) is 3.44. The topological polar surface area (TPSA) is 87.5 Å².